The third-order valence-corrected chi connectivity index (χ3v) is 4.32. The molecule has 0 aliphatic rings. The van der Waals surface area contributed by atoms with Crippen LogP contribution in [-0.2, 0) is 28.8 Å². The molecule has 0 aliphatic carbocycles. The van der Waals surface area contributed by atoms with Crippen molar-refractivity contribution in [3.8, 4) is 0 Å². The van der Waals surface area contributed by atoms with Crippen molar-refractivity contribution in [1.29, 1.82) is 0 Å². The molecule has 34 heavy (non-hydrogen) atoms. The number of primary amides is 2. The number of guanidine groups is 1. The minimum absolute atomic E-state index is 0.0602. The van der Waals surface area contributed by atoms with E-state index in [9.17, 15) is 33.9 Å². The van der Waals surface area contributed by atoms with Crippen molar-refractivity contribution in [2.75, 3.05) is 6.54 Å². The summed E-state index contributed by atoms with van der Waals surface area (Å²) in [6.45, 7) is 1.55. The fourth-order valence-electron chi connectivity index (χ4n) is 2.58. The molecular weight excluding hydrogens is 454 g/mol. The van der Waals surface area contributed by atoms with Crippen molar-refractivity contribution in [2.45, 2.75) is 63.2 Å². The van der Waals surface area contributed by atoms with E-state index in [0.29, 0.717) is 0 Å². The molecule has 0 aromatic rings. The molecule has 0 radical (unpaired) electrons. The number of hydrogen-bond donors (Lipinski definition) is 9. The molecule has 0 aromatic heterocycles. The summed E-state index contributed by atoms with van der Waals surface area (Å²) in [4.78, 5) is 74.8. The number of carboxylic acid groups (broad SMARTS) is 1. The number of hydrogen-bond acceptors (Lipinski definition) is 8. The monoisotopic (exact) mass is 487 g/mol. The predicted octanol–water partition coefficient (Wildman–Crippen LogP) is -4.93. The molecule has 0 heterocycles. The van der Waals surface area contributed by atoms with Crippen LogP contribution >= 0.6 is 0 Å². The van der Waals surface area contributed by atoms with Crippen molar-refractivity contribution < 1.29 is 33.9 Å². The fraction of sp³-hybridized carbons (Fsp3) is 0.611. The van der Waals surface area contributed by atoms with Gasteiger partial charge in [-0.25, -0.2) is 4.79 Å². The van der Waals surface area contributed by atoms with Crippen LogP contribution in [0.25, 0.3) is 0 Å². The summed E-state index contributed by atoms with van der Waals surface area (Å²) in [6, 6.07) is -5.17. The van der Waals surface area contributed by atoms with Crippen LogP contribution < -0.4 is 44.6 Å². The van der Waals surface area contributed by atoms with Gasteiger partial charge in [-0.1, -0.05) is 0 Å². The molecule has 0 saturated carbocycles. The third kappa shape index (κ3) is 12.8. The molecule has 4 atom stereocenters. The van der Waals surface area contributed by atoms with Gasteiger partial charge in [0, 0.05) is 13.0 Å². The van der Waals surface area contributed by atoms with Crippen LogP contribution in [0.15, 0.2) is 4.99 Å². The quantitative estimate of drug-likeness (QED) is 0.0567. The largest absolute Gasteiger partial charge is 0.480 e. The highest BCUT2D eigenvalue weighted by Crippen LogP contribution is 2.05. The summed E-state index contributed by atoms with van der Waals surface area (Å²) >= 11 is 0. The SMILES string of the molecule is CC(N)C(=O)NC(CCCN=C(N)N)C(=O)NC(CCC(N)=O)C(=O)NC(CC(N)=O)C(=O)O. The van der Waals surface area contributed by atoms with Gasteiger partial charge in [0.25, 0.3) is 0 Å². The van der Waals surface area contributed by atoms with Crippen LogP contribution in [0.4, 0.5) is 0 Å². The Kier molecular flexibility index (Phi) is 13.2. The Morgan fingerprint density at radius 2 is 1.29 bits per heavy atom. The number of rotatable bonds is 16. The van der Waals surface area contributed by atoms with Crippen molar-refractivity contribution in [2.24, 2.45) is 33.7 Å². The van der Waals surface area contributed by atoms with Crippen LogP contribution in [0.5, 0.6) is 0 Å². The highest BCUT2D eigenvalue weighted by molar-refractivity contribution is 5.95. The standard InChI is InChI=1S/C18H33N9O7/c1-8(19)14(30)25-9(3-2-6-24-18(22)23)15(31)26-10(4-5-12(20)28)16(32)27-11(17(33)34)7-13(21)29/h8-11H,2-7,19H2,1H3,(H2,20,28)(H2,21,29)(H,25,30)(H,26,31)(H,27,32)(H,33,34)(H4,22,23,24). The van der Waals surface area contributed by atoms with E-state index in [1.165, 1.54) is 6.92 Å². The summed E-state index contributed by atoms with van der Waals surface area (Å²) in [5, 5.41) is 16.0. The average Bonchev–Trinajstić information content (AvgIpc) is 2.71. The van der Waals surface area contributed by atoms with Crippen LogP contribution in [0.2, 0.25) is 0 Å². The summed E-state index contributed by atoms with van der Waals surface area (Å²) in [7, 11) is 0. The van der Waals surface area contributed by atoms with E-state index in [1.807, 2.05) is 0 Å². The normalized spacial score (nSPS) is 13.9. The zero-order valence-corrected chi connectivity index (χ0v) is 18.8. The lowest BCUT2D eigenvalue weighted by molar-refractivity contribution is -0.144. The molecule has 0 rings (SSSR count). The summed E-state index contributed by atoms with van der Waals surface area (Å²) in [5.74, 6) is -5.91. The van der Waals surface area contributed by atoms with Gasteiger partial charge in [0.2, 0.25) is 29.5 Å². The summed E-state index contributed by atoms with van der Waals surface area (Å²) < 4.78 is 0. The molecule has 192 valence electrons. The van der Waals surface area contributed by atoms with Crippen LogP contribution in [0.1, 0.15) is 39.0 Å². The van der Waals surface area contributed by atoms with Gasteiger partial charge in [-0.3, -0.25) is 29.0 Å². The Morgan fingerprint density at radius 3 is 1.74 bits per heavy atom. The van der Waals surface area contributed by atoms with E-state index >= 15 is 0 Å². The highest BCUT2D eigenvalue weighted by atomic mass is 16.4. The molecule has 0 aliphatic heterocycles. The van der Waals surface area contributed by atoms with Gasteiger partial charge in [0.15, 0.2) is 5.96 Å². The van der Waals surface area contributed by atoms with E-state index in [0.717, 1.165) is 0 Å². The molecular formula is C18H33N9O7. The van der Waals surface area contributed by atoms with Gasteiger partial charge in [-0.05, 0) is 26.2 Å². The van der Waals surface area contributed by atoms with Gasteiger partial charge in [-0.15, -0.1) is 0 Å². The molecule has 0 aromatic carbocycles. The van der Waals surface area contributed by atoms with Crippen molar-refractivity contribution in [3.63, 3.8) is 0 Å². The number of nitrogens with two attached hydrogens (primary N) is 5. The van der Waals surface area contributed by atoms with E-state index < -0.39 is 66.1 Å². The molecule has 16 nitrogen and oxygen atoms in total. The molecule has 14 N–H and O–H groups in total. The fourth-order valence-corrected chi connectivity index (χ4v) is 2.58. The van der Waals surface area contributed by atoms with Gasteiger partial charge < -0.3 is 49.7 Å². The number of aliphatic imine (C=N–C) groups is 1. The maximum absolute atomic E-state index is 12.8. The zero-order chi connectivity index (χ0) is 26.4. The van der Waals surface area contributed by atoms with Gasteiger partial charge in [-0.2, -0.15) is 0 Å². The Balaban J connectivity index is 5.57. The molecule has 4 unspecified atom stereocenters. The van der Waals surface area contributed by atoms with E-state index in [1.54, 1.807) is 0 Å². The minimum atomic E-state index is -1.66. The summed E-state index contributed by atoms with van der Waals surface area (Å²) in [6.07, 6.45) is -0.974. The number of aliphatic carboxylic acids is 1. The smallest absolute Gasteiger partial charge is 0.326 e. The predicted molar refractivity (Wildman–Crippen MR) is 119 cm³/mol. The Morgan fingerprint density at radius 1 is 0.794 bits per heavy atom. The first kappa shape index (κ1) is 30.1. The molecule has 0 saturated heterocycles. The molecule has 0 bridgehead atoms. The molecule has 5 amide bonds. The minimum Gasteiger partial charge on any atom is -0.480 e. The average molecular weight is 488 g/mol. The number of nitrogens with one attached hydrogen (secondary N) is 3. The van der Waals surface area contributed by atoms with E-state index in [2.05, 4.69) is 20.9 Å². The highest BCUT2D eigenvalue weighted by Gasteiger charge is 2.30. The van der Waals surface area contributed by atoms with Crippen LogP contribution in [-0.4, -0.2) is 77.3 Å². The Bertz CT molecular complexity index is 797. The van der Waals surface area contributed by atoms with Crippen LogP contribution in [0.3, 0.4) is 0 Å². The third-order valence-electron chi connectivity index (χ3n) is 4.32. The first-order chi connectivity index (χ1) is 15.7. The van der Waals surface area contributed by atoms with Gasteiger partial charge >= 0.3 is 5.97 Å². The van der Waals surface area contributed by atoms with Gasteiger partial charge in [0.1, 0.15) is 18.1 Å². The number of carbonyl (C=O) groups excluding carboxylic acids is 5. The second-order valence-corrected chi connectivity index (χ2v) is 7.43. The second-order valence-electron chi connectivity index (χ2n) is 7.43. The van der Waals surface area contributed by atoms with Crippen molar-refractivity contribution in [1.82, 2.24) is 16.0 Å². The molecule has 0 fully saturated rings. The zero-order valence-electron chi connectivity index (χ0n) is 18.8. The lowest BCUT2D eigenvalue weighted by Crippen LogP contribution is -2.57. The topological polar surface area (TPSA) is 301 Å². The number of amides is 5. The lowest BCUT2D eigenvalue weighted by Gasteiger charge is -2.24. The first-order valence-corrected chi connectivity index (χ1v) is 10.3. The van der Waals surface area contributed by atoms with Crippen LogP contribution in [0, 0.1) is 0 Å². The van der Waals surface area contributed by atoms with E-state index in [4.69, 9.17) is 28.7 Å². The summed E-state index contributed by atoms with van der Waals surface area (Å²) in [5.41, 5.74) is 26.1. The van der Waals surface area contributed by atoms with Crippen molar-refractivity contribution >= 4 is 41.5 Å². The second kappa shape index (κ2) is 15.0. The Hall–Kier alpha value is -3.95. The van der Waals surface area contributed by atoms with Crippen molar-refractivity contribution in [3.05, 3.63) is 0 Å². The first-order valence-electron chi connectivity index (χ1n) is 10.3. The Labute approximate surface area is 195 Å². The molecule has 0 spiro atoms. The molecule has 16 heteroatoms. The number of carboxylic acids is 1. The lowest BCUT2D eigenvalue weighted by atomic mass is 10.1. The number of carbonyl (C=O) groups is 6. The van der Waals surface area contributed by atoms with Gasteiger partial charge in [0.05, 0.1) is 12.5 Å². The maximum atomic E-state index is 12.8. The number of nitrogens with zero attached hydrogens (tertiary/aromatic N) is 1. The van der Waals surface area contributed by atoms with E-state index in [-0.39, 0.29) is 38.2 Å². The maximum Gasteiger partial charge on any atom is 0.326 e.